The van der Waals surface area contributed by atoms with E-state index in [2.05, 4.69) is 25.5 Å². The Bertz CT molecular complexity index is 1040. The molecule has 0 aliphatic carbocycles. The number of hydrogen-bond donors (Lipinski definition) is 2. The van der Waals surface area contributed by atoms with Gasteiger partial charge in [0.1, 0.15) is 5.69 Å². The predicted molar refractivity (Wildman–Crippen MR) is 113 cm³/mol. The SMILES string of the molecule is O=C(Nc1cccc(-c2nccnc2N2CCCC2)c1)Nc1cccc(Cl)c1F. The van der Waals surface area contributed by atoms with E-state index in [4.69, 9.17) is 11.6 Å². The average Bonchev–Trinajstić information content (AvgIpc) is 3.26. The van der Waals surface area contributed by atoms with Crippen LogP contribution in [0.2, 0.25) is 5.02 Å². The topological polar surface area (TPSA) is 70.2 Å². The monoisotopic (exact) mass is 411 g/mol. The van der Waals surface area contributed by atoms with Gasteiger partial charge in [-0.15, -0.1) is 0 Å². The predicted octanol–water partition coefficient (Wildman–Crippen LogP) is 5.18. The van der Waals surface area contributed by atoms with Crippen LogP contribution in [0.25, 0.3) is 11.3 Å². The smallest absolute Gasteiger partial charge is 0.323 e. The summed E-state index contributed by atoms with van der Waals surface area (Å²) in [4.78, 5) is 23.5. The molecule has 0 bridgehead atoms. The van der Waals surface area contributed by atoms with Gasteiger partial charge in [-0.25, -0.2) is 14.2 Å². The van der Waals surface area contributed by atoms with Gasteiger partial charge < -0.3 is 15.5 Å². The number of rotatable bonds is 4. The number of benzene rings is 2. The molecule has 6 nitrogen and oxygen atoms in total. The first-order chi connectivity index (χ1) is 14.1. The number of halogens is 2. The van der Waals surface area contributed by atoms with Crippen molar-refractivity contribution >= 4 is 34.8 Å². The van der Waals surface area contributed by atoms with Crippen LogP contribution < -0.4 is 15.5 Å². The van der Waals surface area contributed by atoms with E-state index >= 15 is 0 Å². The van der Waals surface area contributed by atoms with Crippen molar-refractivity contribution in [1.29, 1.82) is 0 Å². The van der Waals surface area contributed by atoms with E-state index in [1.54, 1.807) is 24.5 Å². The molecule has 0 spiro atoms. The van der Waals surface area contributed by atoms with Crippen LogP contribution in [-0.2, 0) is 0 Å². The minimum absolute atomic E-state index is 0.0106. The van der Waals surface area contributed by atoms with Crippen LogP contribution in [0.15, 0.2) is 54.9 Å². The quantitative estimate of drug-likeness (QED) is 0.620. The molecule has 148 valence electrons. The number of carbonyl (C=O) groups excluding carboxylic acids is 1. The second-order valence-electron chi connectivity index (χ2n) is 6.68. The molecule has 1 fully saturated rings. The highest BCUT2D eigenvalue weighted by atomic mass is 35.5. The van der Waals surface area contributed by atoms with Crippen LogP contribution in [0.3, 0.4) is 0 Å². The van der Waals surface area contributed by atoms with E-state index in [1.807, 2.05) is 18.2 Å². The second-order valence-corrected chi connectivity index (χ2v) is 7.09. The minimum Gasteiger partial charge on any atom is -0.355 e. The Kier molecular flexibility index (Phi) is 5.57. The molecule has 1 aliphatic rings. The van der Waals surface area contributed by atoms with E-state index < -0.39 is 11.8 Å². The van der Waals surface area contributed by atoms with Gasteiger partial charge in [-0.2, -0.15) is 0 Å². The zero-order chi connectivity index (χ0) is 20.2. The molecule has 3 aromatic rings. The number of nitrogens with zero attached hydrogens (tertiary/aromatic N) is 3. The van der Waals surface area contributed by atoms with E-state index in [0.717, 1.165) is 43.0 Å². The van der Waals surface area contributed by atoms with Gasteiger partial charge in [0.25, 0.3) is 0 Å². The molecule has 29 heavy (non-hydrogen) atoms. The molecule has 0 radical (unpaired) electrons. The van der Waals surface area contributed by atoms with Crippen molar-refractivity contribution in [2.75, 3.05) is 28.6 Å². The third-order valence-corrected chi connectivity index (χ3v) is 4.97. The number of hydrogen-bond acceptors (Lipinski definition) is 4. The van der Waals surface area contributed by atoms with Crippen molar-refractivity contribution in [3.05, 3.63) is 65.7 Å². The minimum atomic E-state index is -0.673. The Balaban J connectivity index is 1.54. The molecule has 2 aromatic carbocycles. The van der Waals surface area contributed by atoms with E-state index in [9.17, 15) is 9.18 Å². The lowest BCUT2D eigenvalue weighted by Gasteiger charge is -2.19. The van der Waals surface area contributed by atoms with Crippen molar-refractivity contribution in [3.8, 4) is 11.3 Å². The van der Waals surface area contributed by atoms with Crippen LogP contribution in [0.5, 0.6) is 0 Å². The van der Waals surface area contributed by atoms with Crippen LogP contribution in [0.1, 0.15) is 12.8 Å². The molecule has 1 aromatic heterocycles. The summed E-state index contributed by atoms with van der Waals surface area (Å²) in [6.07, 6.45) is 5.62. The lowest BCUT2D eigenvalue weighted by atomic mass is 10.1. The number of anilines is 3. The summed E-state index contributed by atoms with van der Waals surface area (Å²) in [5.41, 5.74) is 2.17. The fourth-order valence-electron chi connectivity index (χ4n) is 3.32. The van der Waals surface area contributed by atoms with Crippen molar-refractivity contribution in [2.24, 2.45) is 0 Å². The van der Waals surface area contributed by atoms with E-state index in [0.29, 0.717) is 5.69 Å². The Morgan fingerprint density at radius 2 is 1.79 bits per heavy atom. The molecule has 0 unspecified atom stereocenters. The molecule has 2 N–H and O–H groups in total. The van der Waals surface area contributed by atoms with Gasteiger partial charge in [0.05, 0.1) is 10.7 Å². The first-order valence-corrected chi connectivity index (χ1v) is 9.68. The van der Waals surface area contributed by atoms with Crippen LogP contribution in [0.4, 0.5) is 26.4 Å². The third kappa shape index (κ3) is 4.30. The Hall–Kier alpha value is -3.19. The summed E-state index contributed by atoms with van der Waals surface area (Å²) in [6.45, 7) is 1.91. The standard InChI is InChI=1S/C21H19ClFN5O/c22-16-7-4-8-17(18(16)23)27-21(29)26-15-6-3-5-14(13-15)19-20(25-10-9-24-19)28-11-1-2-12-28/h3-10,13H,1-2,11-12H2,(H2,26,27,29). The van der Waals surface area contributed by atoms with Gasteiger partial charge in [0.15, 0.2) is 11.6 Å². The van der Waals surface area contributed by atoms with Crippen molar-refractivity contribution in [1.82, 2.24) is 9.97 Å². The zero-order valence-corrected chi connectivity index (χ0v) is 16.3. The molecule has 2 heterocycles. The number of carbonyl (C=O) groups is 1. The highest BCUT2D eigenvalue weighted by molar-refractivity contribution is 6.31. The summed E-state index contributed by atoms with van der Waals surface area (Å²) < 4.78 is 14.0. The third-order valence-electron chi connectivity index (χ3n) is 4.68. The Labute approximate surface area is 172 Å². The van der Waals surface area contributed by atoms with E-state index in [-0.39, 0.29) is 10.7 Å². The molecule has 1 saturated heterocycles. The molecule has 4 rings (SSSR count). The maximum absolute atomic E-state index is 14.0. The van der Waals surface area contributed by atoms with Gasteiger partial charge in [-0.1, -0.05) is 29.8 Å². The van der Waals surface area contributed by atoms with E-state index in [1.165, 1.54) is 12.1 Å². The zero-order valence-electron chi connectivity index (χ0n) is 15.5. The van der Waals surface area contributed by atoms with Crippen LogP contribution in [0, 0.1) is 5.82 Å². The molecular weight excluding hydrogens is 393 g/mol. The number of aromatic nitrogens is 2. The molecule has 1 aliphatic heterocycles. The number of nitrogens with one attached hydrogen (secondary N) is 2. The van der Waals surface area contributed by atoms with Crippen molar-refractivity contribution in [2.45, 2.75) is 12.8 Å². The van der Waals surface area contributed by atoms with Gasteiger partial charge in [0, 0.05) is 36.7 Å². The average molecular weight is 412 g/mol. The Morgan fingerprint density at radius 3 is 2.62 bits per heavy atom. The largest absolute Gasteiger partial charge is 0.355 e. The molecule has 8 heteroatoms. The van der Waals surface area contributed by atoms with Crippen molar-refractivity contribution < 1.29 is 9.18 Å². The van der Waals surface area contributed by atoms with Gasteiger partial charge in [-0.05, 0) is 37.1 Å². The molecule has 0 atom stereocenters. The lowest BCUT2D eigenvalue weighted by Crippen LogP contribution is -2.21. The summed E-state index contributed by atoms with van der Waals surface area (Å²) in [6, 6.07) is 11.2. The summed E-state index contributed by atoms with van der Waals surface area (Å²) in [5, 5.41) is 5.13. The molecule has 2 amide bonds. The fraction of sp³-hybridized carbons (Fsp3) is 0.190. The first-order valence-electron chi connectivity index (χ1n) is 9.30. The highest BCUT2D eigenvalue weighted by Gasteiger charge is 2.19. The van der Waals surface area contributed by atoms with Crippen LogP contribution in [-0.4, -0.2) is 29.1 Å². The van der Waals surface area contributed by atoms with Crippen LogP contribution >= 0.6 is 11.6 Å². The van der Waals surface area contributed by atoms with Gasteiger partial charge >= 0.3 is 6.03 Å². The first kappa shape index (κ1) is 19.1. The van der Waals surface area contributed by atoms with Gasteiger partial charge in [0.2, 0.25) is 0 Å². The van der Waals surface area contributed by atoms with Gasteiger partial charge in [-0.3, -0.25) is 4.98 Å². The fourth-order valence-corrected chi connectivity index (χ4v) is 3.50. The lowest BCUT2D eigenvalue weighted by molar-refractivity contribution is 0.262. The molecular formula is C21H19ClFN5O. The number of urea groups is 1. The highest BCUT2D eigenvalue weighted by Crippen LogP contribution is 2.30. The molecule has 0 saturated carbocycles. The summed E-state index contributed by atoms with van der Waals surface area (Å²) >= 11 is 5.75. The normalized spacial score (nSPS) is 13.4. The second kappa shape index (κ2) is 8.45. The maximum atomic E-state index is 14.0. The Morgan fingerprint density at radius 1 is 1.03 bits per heavy atom. The number of amides is 2. The maximum Gasteiger partial charge on any atom is 0.323 e. The summed E-state index contributed by atoms with van der Waals surface area (Å²) in [7, 11) is 0. The summed E-state index contributed by atoms with van der Waals surface area (Å²) in [5.74, 6) is 0.167. The van der Waals surface area contributed by atoms with Crippen molar-refractivity contribution in [3.63, 3.8) is 0 Å².